The fourth-order valence-electron chi connectivity index (χ4n) is 8.42. The number of nitrogens with one attached hydrogen (secondary N) is 2. The van der Waals surface area contributed by atoms with Gasteiger partial charge in [-0.15, -0.1) is 0 Å². The first kappa shape index (κ1) is 58.0. The number of amides is 2. The van der Waals surface area contributed by atoms with Crippen LogP contribution in [0.4, 0.5) is 9.59 Å². The van der Waals surface area contributed by atoms with Gasteiger partial charge < -0.3 is 84.6 Å². The van der Waals surface area contributed by atoms with Crippen molar-refractivity contribution < 1.29 is 88.4 Å². The lowest BCUT2D eigenvalue weighted by atomic mass is 9.87. The molecule has 4 rings (SSSR count). The number of alkyl carbamates (subject to hydrolysis) is 2. The Kier molecular flexibility index (Phi) is 24.6. The first-order valence-corrected chi connectivity index (χ1v) is 23.8. The van der Waals surface area contributed by atoms with Gasteiger partial charge in [-0.1, -0.05) is 105 Å². The number of aliphatic hydroxyl groups is 8. The molecule has 0 radical (unpaired) electrons. The molecule has 10 N–H and O–H groups in total. The summed E-state index contributed by atoms with van der Waals surface area (Å²) < 4.78 is 40.4. The maximum Gasteiger partial charge on any atom is 0.407 e. The smallest absolute Gasteiger partial charge is 0.407 e. The maximum absolute atomic E-state index is 12.7. The van der Waals surface area contributed by atoms with Crippen LogP contribution in [-0.4, -0.2) is 177 Å². The van der Waals surface area contributed by atoms with E-state index in [2.05, 4.69) is 17.2 Å². The monoisotopic (exact) mass is 990 g/mol. The maximum atomic E-state index is 12.7. The van der Waals surface area contributed by atoms with Crippen molar-refractivity contribution in [1.29, 1.82) is 0 Å². The van der Waals surface area contributed by atoms with Crippen LogP contribution in [0.2, 0.25) is 0 Å². The first-order valence-electron chi connectivity index (χ1n) is 23.8. The Labute approximate surface area is 409 Å². The Morgan fingerprint density at radius 2 is 1.40 bits per heavy atom. The molecule has 0 saturated carbocycles. The number of rotatable bonds is 6. The van der Waals surface area contributed by atoms with E-state index in [9.17, 15) is 55.2 Å². The van der Waals surface area contributed by atoms with Gasteiger partial charge in [0.1, 0.15) is 31.0 Å². The number of allylic oxidation sites excluding steroid dienone is 12. The number of carbonyl (C=O) groups excluding carboxylic acids is 3. The van der Waals surface area contributed by atoms with E-state index in [0.717, 1.165) is 0 Å². The Hall–Kier alpha value is -4.55. The van der Waals surface area contributed by atoms with Gasteiger partial charge in [-0.3, -0.25) is 4.79 Å². The van der Waals surface area contributed by atoms with Crippen molar-refractivity contribution in [1.82, 2.24) is 10.6 Å². The van der Waals surface area contributed by atoms with Crippen molar-refractivity contribution in [3.8, 4) is 0 Å². The molecule has 2 bridgehead atoms. The third-order valence-corrected chi connectivity index (χ3v) is 12.2. The van der Waals surface area contributed by atoms with E-state index >= 15 is 0 Å². The lowest BCUT2D eigenvalue weighted by Gasteiger charge is -2.46. The highest BCUT2D eigenvalue weighted by Gasteiger charge is 2.54. The van der Waals surface area contributed by atoms with Gasteiger partial charge in [0.15, 0.2) is 12.1 Å². The molecular weight excluding hydrogens is 917 g/mol. The van der Waals surface area contributed by atoms with E-state index in [1.54, 1.807) is 49.5 Å². The summed E-state index contributed by atoms with van der Waals surface area (Å²) in [6, 6.07) is -1.98. The number of hydrogen-bond acceptors (Lipinski definition) is 18. The van der Waals surface area contributed by atoms with Crippen LogP contribution in [0.5, 0.6) is 0 Å². The Morgan fingerprint density at radius 1 is 0.757 bits per heavy atom. The number of fused-ring (bicyclic) bond motifs is 4. The highest BCUT2D eigenvalue weighted by atomic mass is 16.7. The number of methoxy groups -OCH3 is 1. The average Bonchev–Trinajstić information content (AvgIpc) is 3.68. The highest BCUT2D eigenvalue weighted by molar-refractivity contribution is 5.71. The molecule has 0 aromatic rings. The molecule has 4 aliphatic rings. The summed E-state index contributed by atoms with van der Waals surface area (Å²) in [6.45, 7) is 6.53. The minimum atomic E-state index is -1.60. The fraction of sp³-hybridized carbons (Fsp3) is 0.620. The summed E-state index contributed by atoms with van der Waals surface area (Å²) in [5.74, 6) is -2.56. The van der Waals surface area contributed by atoms with Crippen LogP contribution >= 0.6 is 0 Å². The molecule has 0 aromatic heterocycles. The molecule has 20 nitrogen and oxygen atoms in total. The minimum Gasteiger partial charge on any atom is -0.462 e. The summed E-state index contributed by atoms with van der Waals surface area (Å²) in [4.78, 5) is 37.6. The number of cyclic esters (lactones) is 1. The lowest BCUT2D eigenvalue weighted by Crippen LogP contribution is -2.62. The van der Waals surface area contributed by atoms with Crippen LogP contribution in [-0.2, 0) is 38.0 Å². The van der Waals surface area contributed by atoms with Crippen LogP contribution in [0.25, 0.3) is 0 Å². The molecule has 20 heteroatoms. The quantitative estimate of drug-likeness (QED) is 0.104. The number of ether oxygens (including phenoxy) is 7. The van der Waals surface area contributed by atoms with Crippen molar-refractivity contribution in [2.24, 2.45) is 5.92 Å². The Balaban J connectivity index is 1.57. The van der Waals surface area contributed by atoms with Gasteiger partial charge >= 0.3 is 18.2 Å². The second kappa shape index (κ2) is 29.7. The standard InChI is InChI=1S/C50H74N2O18/c1-5-22-65-48(62)51-44-40(59)30-66-47(46(44)61)68-36-19-17-15-13-11-9-7-6-8-10-12-14-16-18-31(2)38(57)23-32(3)67-43(60)26-34(54)24-33(53)20-21-37(56)39(58)25-35(55)28-50(64-4)29-42-45(41(27-36)70-50)52-49(63)69-42/h5-19,31-42,44-47,53-59,61H,1,20-30H2,2-4H3,(H,51,62)(H,52,63)/b7-6+,10-8+,11-9+,14-12+,15-13+,18-16+,19-17+/t31-,32-,33+,34+,35-,36-,37+,38-,39+,40+,41-,42-,44-,45-,46-,47-,50+/m0/s1. The van der Waals surface area contributed by atoms with Gasteiger partial charge in [0.2, 0.25) is 0 Å². The van der Waals surface area contributed by atoms with Gasteiger partial charge in [-0.2, -0.15) is 0 Å². The van der Waals surface area contributed by atoms with E-state index in [0.29, 0.717) is 0 Å². The molecule has 3 saturated heterocycles. The summed E-state index contributed by atoms with van der Waals surface area (Å²) in [7, 11) is 1.34. The SMILES string of the molecule is C=CCOC(=O)N[C@@H]1[C@H](O)[C@H](O[C@H]2/C=C/C=C/C=C/C=C/C=C/C=C/C=C/[C@H](C)[C@@H](O)C[C@H](C)OC(=O)C[C@H](O)C[C@H](O)CC[C@@H](O)[C@H](O)C[C@H](O)C[C@]3(OC)C[C@@H]4OC(=O)N[C@H]4[C@H](C2)O3)OC[C@H]1O. The van der Waals surface area contributed by atoms with Gasteiger partial charge in [0.25, 0.3) is 0 Å². The van der Waals surface area contributed by atoms with E-state index in [1.807, 2.05) is 49.5 Å². The summed E-state index contributed by atoms with van der Waals surface area (Å²) in [6.07, 6.45) is 8.28. The Morgan fingerprint density at radius 3 is 2.04 bits per heavy atom. The van der Waals surface area contributed by atoms with Crippen LogP contribution in [0.1, 0.15) is 71.6 Å². The van der Waals surface area contributed by atoms with Crippen molar-refractivity contribution >= 4 is 18.2 Å². The van der Waals surface area contributed by atoms with Gasteiger partial charge in [-0.25, -0.2) is 9.59 Å². The molecule has 0 unspecified atom stereocenters. The second-order valence-corrected chi connectivity index (χ2v) is 18.0. The molecule has 4 aliphatic heterocycles. The third kappa shape index (κ3) is 19.6. The lowest BCUT2D eigenvalue weighted by molar-refractivity contribution is -0.304. The largest absolute Gasteiger partial charge is 0.462 e. The molecule has 392 valence electrons. The summed E-state index contributed by atoms with van der Waals surface area (Å²) in [5, 5.41) is 92.0. The van der Waals surface area contributed by atoms with Crippen LogP contribution in [0.3, 0.4) is 0 Å². The second-order valence-electron chi connectivity index (χ2n) is 18.0. The highest BCUT2D eigenvalue weighted by Crippen LogP contribution is 2.40. The van der Waals surface area contributed by atoms with E-state index in [1.165, 1.54) is 13.2 Å². The molecular formula is C50H74N2O18. The number of hydrogen-bond donors (Lipinski definition) is 10. The molecule has 0 aliphatic carbocycles. The van der Waals surface area contributed by atoms with Crippen LogP contribution < -0.4 is 10.6 Å². The molecule has 3 fully saturated rings. The zero-order valence-electron chi connectivity index (χ0n) is 40.0. The number of aliphatic hydroxyl groups excluding tert-OH is 8. The molecule has 0 aromatic carbocycles. The molecule has 0 spiro atoms. The van der Waals surface area contributed by atoms with E-state index in [-0.39, 0.29) is 70.5 Å². The zero-order valence-corrected chi connectivity index (χ0v) is 40.0. The number of carbonyl (C=O) groups is 3. The van der Waals surface area contributed by atoms with Crippen molar-refractivity contribution in [3.63, 3.8) is 0 Å². The van der Waals surface area contributed by atoms with Gasteiger partial charge in [0.05, 0.1) is 73.9 Å². The van der Waals surface area contributed by atoms with Gasteiger partial charge in [0, 0.05) is 45.1 Å². The van der Waals surface area contributed by atoms with Crippen molar-refractivity contribution in [2.75, 3.05) is 20.3 Å². The third-order valence-electron chi connectivity index (χ3n) is 12.2. The first-order chi connectivity index (χ1) is 33.4. The molecule has 70 heavy (non-hydrogen) atoms. The number of esters is 1. The van der Waals surface area contributed by atoms with E-state index < -0.39 is 122 Å². The predicted octanol–water partition coefficient (Wildman–Crippen LogP) is 2.10. The van der Waals surface area contributed by atoms with Crippen LogP contribution in [0.15, 0.2) is 97.7 Å². The Bertz CT molecular complexity index is 1850. The molecule has 17 atom stereocenters. The normalized spacial score (nSPS) is 41.4. The van der Waals surface area contributed by atoms with Crippen molar-refractivity contribution in [2.45, 2.75) is 169 Å². The topological polar surface area (TPSA) is 302 Å². The zero-order chi connectivity index (χ0) is 51.2. The average molecular weight is 991 g/mol. The van der Waals surface area contributed by atoms with Crippen molar-refractivity contribution in [3.05, 3.63) is 97.7 Å². The molecule has 2 amide bonds. The summed E-state index contributed by atoms with van der Waals surface area (Å²) >= 11 is 0. The fourth-order valence-corrected chi connectivity index (χ4v) is 8.42. The predicted molar refractivity (Wildman–Crippen MR) is 253 cm³/mol. The molecule has 4 heterocycles. The minimum absolute atomic E-state index is 0.0280. The van der Waals surface area contributed by atoms with E-state index in [4.69, 9.17) is 33.2 Å². The van der Waals surface area contributed by atoms with Crippen LogP contribution in [0, 0.1) is 5.92 Å². The summed E-state index contributed by atoms with van der Waals surface area (Å²) in [5.41, 5.74) is 0. The van der Waals surface area contributed by atoms with Gasteiger partial charge in [-0.05, 0) is 26.2 Å².